The average molecular weight is 458 g/mol. The molecule has 1 saturated heterocycles. The van der Waals surface area contributed by atoms with Gasteiger partial charge in [-0.1, -0.05) is 18.2 Å². The molecule has 3 heterocycles. The van der Waals surface area contributed by atoms with Gasteiger partial charge in [0.15, 0.2) is 5.82 Å². The number of pyridine rings is 1. The Hall–Kier alpha value is -2.91. The number of rotatable bonds is 6. The third kappa shape index (κ3) is 4.35. The Kier molecular flexibility index (Phi) is 5.53. The quantitative estimate of drug-likeness (QED) is 0.516. The van der Waals surface area contributed by atoms with Crippen LogP contribution in [0.1, 0.15) is 50.6 Å². The Labute approximate surface area is 191 Å². The number of alkyl halides is 2. The van der Waals surface area contributed by atoms with Gasteiger partial charge in [0, 0.05) is 24.0 Å². The van der Waals surface area contributed by atoms with Crippen molar-refractivity contribution in [2.45, 2.75) is 57.8 Å². The summed E-state index contributed by atoms with van der Waals surface area (Å²) in [4.78, 5) is 6.58. The van der Waals surface area contributed by atoms with Crippen LogP contribution >= 0.6 is 0 Å². The molecule has 0 unspecified atom stereocenters. The second kappa shape index (κ2) is 7.85. The van der Waals surface area contributed by atoms with Crippen LogP contribution < -0.4 is 10.2 Å². The summed E-state index contributed by atoms with van der Waals surface area (Å²) in [5.41, 5.74) is -0.304. The number of aromatic nitrogens is 3. The largest absolute Gasteiger partial charge is 0.386 e. The SMILES string of the molecule is Cc1nnc(N[C@H](C)c2cccc(C(F)(F)C(C)(C)O)c2)c2cc(N3CC(C)(O)C3)cnc12. The smallest absolute Gasteiger partial charge is 0.300 e. The van der Waals surface area contributed by atoms with E-state index in [1.165, 1.54) is 12.1 Å². The van der Waals surface area contributed by atoms with Crippen LogP contribution in [-0.4, -0.2) is 49.7 Å². The Morgan fingerprint density at radius 2 is 1.88 bits per heavy atom. The van der Waals surface area contributed by atoms with Crippen molar-refractivity contribution >= 4 is 22.4 Å². The van der Waals surface area contributed by atoms with Crippen LogP contribution in [0.25, 0.3) is 10.9 Å². The zero-order valence-corrected chi connectivity index (χ0v) is 19.4. The van der Waals surface area contributed by atoms with Crippen LogP contribution in [-0.2, 0) is 5.92 Å². The van der Waals surface area contributed by atoms with Crippen molar-refractivity contribution in [3.8, 4) is 0 Å². The number of halogens is 2. The van der Waals surface area contributed by atoms with Crippen LogP contribution in [0.2, 0.25) is 0 Å². The zero-order valence-electron chi connectivity index (χ0n) is 19.4. The second-order valence-electron chi connectivity index (χ2n) is 9.70. The molecule has 0 bridgehead atoms. The number of aliphatic hydroxyl groups is 2. The Bertz CT molecular complexity index is 1190. The molecule has 3 N–H and O–H groups in total. The molecule has 1 aliphatic rings. The number of fused-ring (bicyclic) bond motifs is 1. The predicted octanol–water partition coefficient (Wildman–Crippen LogP) is 3.94. The Balaban J connectivity index is 1.65. The van der Waals surface area contributed by atoms with Crippen molar-refractivity contribution in [2.75, 3.05) is 23.3 Å². The molecule has 33 heavy (non-hydrogen) atoms. The first kappa shape index (κ1) is 23.3. The van der Waals surface area contributed by atoms with Crippen molar-refractivity contribution in [2.24, 2.45) is 0 Å². The van der Waals surface area contributed by atoms with Crippen molar-refractivity contribution in [1.82, 2.24) is 15.2 Å². The fourth-order valence-electron chi connectivity index (χ4n) is 4.03. The molecule has 0 radical (unpaired) electrons. The predicted molar refractivity (Wildman–Crippen MR) is 124 cm³/mol. The first-order valence-electron chi connectivity index (χ1n) is 10.9. The molecule has 7 nitrogen and oxygen atoms in total. The summed E-state index contributed by atoms with van der Waals surface area (Å²) in [5, 5.41) is 32.5. The van der Waals surface area contributed by atoms with Gasteiger partial charge in [-0.2, -0.15) is 13.9 Å². The van der Waals surface area contributed by atoms with Gasteiger partial charge >= 0.3 is 5.92 Å². The molecule has 0 aliphatic carbocycles. The lowest BCUT2D eigenvalue weighted by Crippen LogP contribution is -2.60. The van der Waals surface area contributed by atoms with Gasteiger partial charge in [-0.15, -0.1) is 5.10 Å². The van der Waals surface area contributed by atoms with E-state index in [-0.39, 0.29) is 11.6 Å². The van der Waals surface area contributed by atoms with Gasteiger partial charge in [0.1, 0.15) is 5.60 Å². The van der Waals surface area contributed by atoms with Crippen molar-refractivity contribution in [3.05, 3.63) is 53.3 Å². The minimum absolute atomic E-state index is 0.255. The lowest BCUT2D eigenvalue weighted by atomic mass is 9.91. The third-order valence-electron chi connectivity index (χ3n) is 6.07. The fraction of sp³-hybridized carbons (Fsp3) is 0.458. The maximum absolute atomic E-state index is 14.7. The molecule has 0 spiro atoms. The molecular weight excluding hydrogens is 428 g/mol. The number of anilines is 2. The molecule has 1 aromatic carbocycles. The van der Waals surface area contributed by atoms with E-state index in [0.29, 0.717) is 35.7 Å². The zero-order chi connectivity index (χ0) is 24.2. The number of β-amino-alcohol motifs (C(OH)–C–C–N with tert-alkyl or cyclic N) is 1. The number of aryl methyl sites for hydroxylation is 1. The maximum Gasteiger partial charge on any atom is 0.300 e. The van der Waals surface area contributed by atoms with E-state index in [9.17, 15) is 19.0 Å². The summed E-state index contributed by atoms with van der Waals surface area (Å²) in [6.45, 7) is 8.68. The van der Waals surface area contributed by atoms with E-state index in [2.05, 4.69) is 20.5 Å². The molecule has 1 aliphatic heterocycles. The molecule has 2 aromatic heterocycles. The molecule has 0 saturated carbocycles. The van der Waals surface area contributed by atoms with Crippen LogP contribution in [0.15, 0.2) is 36.5 Å². The summed E-state index contributed by atoms with van der Waals surface area (Å²) >= 11 is 0. The van der Waals surface area contributed by atoms with Crippen LogP contribution in [0.3, 0.4) is 0 Å². The topological polar surface area (TPSA) is 94.4 Å². The number of hydrogen-bond acceptors (Lipinski definition) is 7. The van der Waals surface area contributed by atoms with E-state index in [0.717, 1.165) is 24.9 Å². The summed E-state index contributed by atoms with van der Waals surface area (Å²) in [6, 6.07) is 7.59. The number of nitrogens with one attached hydrogen (secondary N) is 1. The summed E-state index contributed by atoms with van der Waals surface area (Å²) in [6.07, 6.45) is 1.75. The minimum Gasteiger partial charge on any atom is -0.386 e. The van der Waals surface area contributed by atoms with E-state index >= 15 is 0 Å². The minimum atomic E-state index is -3.41. The lowest BCUT2D eigenvalue weighted by Gasteiger charge is -2.45. The maximum atomic E-state index is 14.7. The molecule has 9 heteroatoms. The van der Waals surface area contributed by atoms with Crippen molar-refractivity contribution in [1.29, 1.82) is 0 Å². The van der Waals surface area contributed by atoms with E-state index < -0.39 is 17.1 Å². The molecule has 4 rings (SSSR count). The molecule has 1 fully saturated rings. The first-order chi connectivity index (χ1) is 15.3. The molecular formula is C24H29F2N5O2. The van der Waals surface area contributed by atoms with Gasteiger partial charge in [-0.25, -0.2) is 0 Å². The van der Waals surface area contributed by atoms with Gasteiger partial charge < -0.3 is 20.4 Å². The fourth-order valence-corrected chi connectivity index (χ4v) is 4.03. The summed E-state index contributed by atoms with van der Waals surface area (Å²) in [7, 11) is 0. The first-order valence-corrected chi connectivity index (χ1v) is 10.9. The summed E-state index contributed by atoms with van der Waals surface area (Å²) < 4.78 is 29.4. The molecule has 176 valence electrons. The van der Waals surface area contributed by atoms with Gasteiger partial charge in [0.05, 0.1) is 34.7 Å². The van der Waals surface area contributed by atoms with Crippen molar-refractivity contribution < 1.29 is 19.0 Å². The van der Waals surface area contributed by atoms with E-state index in [4.69, 9.17) is 0 Å². The highest BCUT2D eigenvalue weighted by Crippen LogP contribution is 2.39. The van der Waals surface area contributed by atoms with Crippen LogP contribution in [0.5, 0.6) is 0 Å². The van der Waals surface area contributed by atoms with Gasteiger partial charge in [-0.3, -0.25) is 4.98 Å². The van der Waals surface area contributed by atoms with E-state index in [1.807, 2.05) is 24.8 Å². The van der Waals surface area contributed by atoms with Crippen LogP contribution in [0, 0.1) is 6.92 Å². The number of hydrogen-bond donors (Lipinski definition) is 3. The van der Waals surface area contributed by atoms with Gasteiger partial charge in [0.25, 0.3) is 0 Å². The molecule has 0 amide bonds. The van der Waals surface area contributed by atoms with Crippen molar-refractivity contribution in [3.63, 3.8) is 0 Å². The Morgan fingerprint density at radius 1 is 1.18 bits per heavy atom. The lowest BCUT2D eigenvalue weighted by molar-refractivity contribution is -0.168. The monoisotopic (exact) mass is 457 g/mol. The molecule has 3 aromatic rings. The Morgan fingerprint density at radius 3 is 2.52 bits per heavy atom. The average Bonchev–Trinajstić information content (AvgIpc) is 2.73. The highest BCUT2D eigenvalue weighted by molar-refractivity contribution is 5.92. The molecule has 1 atom stereocenters. The normalized spacial score (nSPS) is 17.1. The third-order valence-corrected chi connectivity index (χ3v) is 6.07. The second-order valence-corrected chi connectivity index (χ2v) is 9.70. The van der Waals surface area contributed by atoms with Gasteiger partial charge in [0.2, 0.25) is 0 Å². The standard InChI is InChI=1S/C24H29F2N5O2/c1-14(16-7-6-8-17(9-16)24(25,26)22(3,4)32)28-21-19-10-18(31-12-23(5,33)13-31)11-27-20(19)15(2)29-30-21/h6-11,14,32-33H,12-13H2,1-5H3,(H,28,30)/t14-/m1/s1. The van der Waals surface area contributed by atoms with E-state index in [1.54, 1.807) is 25.3 Å². The van der Waals surface area contributed by atoms with Gasteiger partial charge in [-0.05, 0) is 52.3 Å². The highest BCUT2D eigenvalue weighted by atomic mass is 19.3. The van der Waals surface area contributed by atoms with Crippen LogP contribution in [0.4, 0.5) is 20.3 Å². The highest BCUT2D eigenvalue weighted by Gasteiger charge is 2.47. The summed E-state index contributed by atoms with van der Waals surface area (Å²) in [5.74, 6) is -2.92. The number of benzene rings is 1. The number of nitrogens with zero attached hydrogens (tertiary/aromatic N) is 4.